The van der Waals surface area contributed by atoms with E-state index in [0.717, 1.165) is 31.6 Å². The van der Waals surface area contributed by atoms with Gasteiger partial charge in [-0.3, -0.25) is 14.3 Å². The molecule has 6 nitrogen and oxygen atoms in total. The standard InChI is InChI=1S/C15H22N4O2/c1-4-6-18-12-5-7-19(13(12)8-14(18)20)15(21)11-9-17(3)16-10(11)2/h9,12-13H,4-8H2,1-3H3/t12-,13-/m0/s1. The van der Waals surface area contributed by atoms with Gasteiger partial charge in [-0.25, -0.2) is 0 Å². The summed E-state index contributed by atoms with van der Waals surface area (Å²) < 4.78 is 1.67. The first-order valence-corrected chi connectivity index (χ1v) is 7.63. The number of amides is 2. The zero-order valence-corrected chi connectivity index (χ0v) is 12.9. The molecule has 2 amide bonds. The fourth-order valence-electron chi connectivity index (χ4n) is 3.68. The molecule has 3 heterocycles. The predicted octanol–water partition coefficient (Wildman–Crippen LogP) is 0.954. The molecule has 2 saturated heterocycles. The van der Waals surface area contributed by atoms with E-state index >= 15 is 0 Å². The van der Waals surface area contributed by atoms with E-state index in [4.69, 9.17) is 0 Å². The van der Waals surface area contributed by atoms with Gasteiger partial charge in [-0.2, -0.15) is 5.10 Å². The van der Waals surface area contributed by atoms with Crippen LogP contribution in [0.3, 0.4) is 0 Å². The second-order valence-electron chi connectivity index (χ2n) is 6.02. The predicted molar refractivity (Wildman–Crippen MR) is 77.8 cm³/mol. The van der Waals surface area contributed by atoms with Crippen molar-refractivity contribution >= 4 is 11.8 Å². The van der Waals surface area contributed by atoms with Gasteiger partial charge in [0.2, 0.25) is 5.91 Å². The second kappa shape index (κ2) is 5.16. The lowest BCUT2D eigenvalue weighted by Crippen LogP contribution is -2.40. The van der Waals surface area contributed by atoms with Crippen LogP contribution in [0.2, 0.25) is 0 Å². The van der Waals surface area contributed by atoms with Crippen molar-refractivity contribution in [3.8, 4) is 0 Å². The number of likely N-dealkylation sites (tertiary alicyclic amines) is 2. The Bertz CT molecular complexity index is 580. The molecule has 21 heavy (non-hydrogen) atoms. The molecule has 3 rings (SSSR count). The third kappa shape index (κ3) is 2.22. The number of hydrogen-bond donors (Lipinski definition) is 0. The zero-order valence-electron chi connectivity index (χ0n) is 12.9. The van der Waals surface area contributed by atoms with Gasteiger partial charge in [-0.05, 0) is 19.8 Å². The molecule has 2 aliphatic rings. The Hall–Kier alpha value is -1.85. The Labute approximate surface area is 124 Å². The lowest BCUT2D eigenvalue weighted by atomic mass is 10.1. The van der Waals surface area contributed by atoms with Gasteiger partial charge in [0.1, 0.15) is 0 Å². The molecule has 0 radical (unpaired) electrons. The first-order valence-electron chi connectivity index (χ1n) is 7.63. The number of aryl methyl sites for hydroxylation is 2. The molecule has 2 aliphatic heterocycles. The van der Waals surface area contributed by atoms with Crippen molar-refractivity contribution in [3.05, 3.63) is 17.5 Å². The third-order valence-corrected chi connectivity index (χ3v) is 4.58. The van der Waals surface area contributed by atoms with Gasteiger partial charge in [-0.1, -0.05) is 6.92 Å². The summed E-state index contributed by atoms with van der Waals surface area (Å²) >= 11 is 0. The van der Waals surface area contributed by atoms with E-state index in [2.05, 4.69) is 12.0 Å². The average Bonchev–Trinajstić information content (AvgIpc) is 3.06. The molecular weight excluding hydrogens is 268 g/mol. The quantitative estimate of drug-likeness (QED) is 0.833. The van der Waals surface area contributed by atoms with Crippen molar-refractivity contribution in [2.45, 2.75) is 45.2 Å². The fraction of sp³-hybridized carbons (Fsp3) is 0.667. The highest BCUT2D eigenvalue weighted by Crippen LogP contribution is 2.33. The fourth-order valence-corrected chi connectivity index (χ4v) is 3.68. The van der Waals surface area contributed by atoms with Gasteiger partial charge in [0.25, 0.3) is 5.91 Å². The number of fused-ring (bicyclic) bond motifs is 1. The first-order chi connectivity index (χ1) is 10.0. The molecule has 6 heteroatoms. The Balaban J connectivity index is 1.81. The molecule has 0 spiro atoms. The summed E-state index contributed by atoms with van der Waals surface area (Å²) in [5, 5.41) is 4.24. The second-order valence-corrected chi connectivity index (χ2v) is 6.02. The molecule has 0 saturated carbocycles. The molecule has 1 aromatic rings. The summed E-state index contributed by atoms with van der Waals surface area (Å²) in [6.45, 7) is 5.46. The summed E-state index contributed by atoms with van der Waals surface area (Å²) in [6.07, 6.45) is 4.09. The number of hydrogen-bond acceptors (Lipinski definition) is 3. The molecule has 114 valence electrons. The monoisotopic (exact) mass is 290 g/mol. The Morgan fingerprint density at radius 2 is 2.19 bits per heavy atom. The van der Waals surface area contributed by atoms with Gasteiger partial charge in [-0.15, -0.1) is 0 Å². The number of carbonyl (C=O) groups is 2. The maximum atomic E-state index is 12.7. The van der Waals surface area contributed by atoms with E-state index in [1.54, 1.807) is 10.9 Å². The maximum absolute atomic E-state index is 12.7. The molecule has 0 aromatic carbocycles. The Morgan fingerprint density at radius 1 is 1.43 bits per heavy atom. The van der Waals surface area contributed by atoms with Crippen LogP contribution in [0.1, 0.15) is 42.2 Å². The van der Waals surface area contributed by atoms with Crippen molar-refractivity contribution < 1.29 is 9.59 Å². The highest BCUT2D eigenvalue weighted by atomic mass is 16.2. The number of rotatable bonds is 3. The molecular formula is C15H22N4O2. The number of nitrogens with zero attached hydrogens (tertiary/aromatic N) is 4. The van der Waals surface area contributed by atoms with Crippen LogP contribution in [-0.4, -0.2) is 56.6 Å². The van der Waals surface area contributed by atoms with E-state index in [0.29, 0.717) is 12.0 Å². The minimum atomic E-state index is 0.0132. The van der Waals surface area contributed by atoms with Crippen LogP contribution in [0.25, 0.3) is 0 Å². The highest BCUT2D eigenvalue weighted by molar-refractivity contribution is 5.96. The highest BCUT2D eigenvalue weighted by Gasteiger charge is 2.48. The Kier molecular flexibility index (Phi) is 3.47. The van der Waals surface area contributed by atoms with Crippen LogP contribution in [-0.2, 0) is 11.8 Å². The van der Waals surface area contributed by atoms with Crippen molar-refractivity contribution in [2.75, 3.05) is 13.1 Å². The van der Waals surface area contributed by atoms with Gasteiger partial charge in [0.15, 0.2) is 0 Å². The van der Waals surface area contributed by atoms with E-state index in [1.165, 1.54) is 0 Å². The summed E-state index contributed by atoms with van der Waals surface area (Å²) in [5.74, 6) is 0.200. The van der Waals surface area contributed by atoms with Crippen molar-refractivity contribution in [1.82, 2.24) is 19.6 Å². The van der Waals surface area contributed by atoms with Crippen LogP contribution in [0.4, 0.5) is 0 Å². The van der Waals surface area contributed by atoms with Crippen LogP contribution in [0.15, 0.2) is 6.20 Å². The van der Waals surface area contributed by atoms with Gasteiger partial charge in [0, 0.05) is 32.8 Å². The van der Waals surface area contributed by atoms with Crippen molar-refractivity contribution in [3.63, 3.8) is 0 Å². The SMILES string of the molecule is CCCN1C(=O)C[C@H]2[C@@H]1CCN2C(=O)c1cn(C)nc1C. The zero-order chi connectivity index (χ0) is 15.1. The smallest absolute Gasteiger partial charge is 0.257 e. The summed E-state index contributed by atoms with van der Waals surface area (Å²) in [4.78, 5) is 28.7. The van der Waals surface area contributed by atoms with E-state index in [-0.39, 0.29) is 23.9 Å². The number of aromatic nitrogens is 2. The number of carbonyl (C=O) groups excluding carboxylic acids is 2. The normalized spacial score (nSPS) is 24.8. The van der Waals surface area contributed by atoms with Gasteiger partial charge >= 0.3 is 0 Å². The molecule has 0 bridgehead atoms. The third-order valence-electron chi connectivity index (χ3n) is 4.58. The first kappa shape index (κ1) is 14.1. The molecule has 2 fully saturated rings. The molecule has 0 aliphatic carbocycles. The van der Waals surface area contributed by atoms with E-state index < -0.39 is 0 Å². The minimum Gasteiger partial charge on any atom is -0.338 e. The minimum absolute atomic E-state index is 0.0132. The summed E-state index contributed by atoms with van der Waals surface area (Å²) in [5.41, 5.74) is 1.40. The van der Waals surface area contributed by atoms with Crippen molar-refractivity contribution in [1.29, 1.82) is 0 Å². The largest absolute Gasteiger partial charge is 0.338 e. The van der Waals surface area contributed by atoms with E-state index in [1.807, 2.05) is 23.8 Å². The summed E-state index contributed by atoms with van der Waals surface area (Å²) in [7, 11) is 1.82. The average molecular weight is 290 g/mol. The topological polar surface area (TPSA) is 58.4 Å². The van der Waals surface area contributed by atoms with Crippen LogP contribution < -0.4 is 0 Å². The van der Waals surface area contributed by atoms with Crippen LogP contribution in [0.5, 0.6) is 0 Å². The van der Waals surface area contributed by atoms with Crippen molar-refractivity contribution in [2.24, 2.45) is 7.05 Å². The van der Waals surface area contributed by atoms with Crippen LogP contribution in [0, 0.1) is 6.92 Å². The van der Waals surface area contributed by atoms with Gasteiger partial charge in [0.05, 0.1) is 23.3 Å². The van der Waals surface area contributed by atoms with Crippen LogP contribution >= 0.6 is 0 Å². The molecule has 2 atom stereocenters. The molecule has 0 unspecified atom stereocenters. The molecule has 1 aromatic heterocycles. The lowest BCUT2D eigenvalue weighted by molar-refractivity contribution is -0.129. The lowest BCUT2D eigenvalue weighted by Gasteiger charge is -2.25. The van der Waals surface area contributed by atoms with Gasteiger partial charge < -0.3 is 9.80 Å². The maximum Gasteiger partial charge on any atom is 0.257 e. The Morgan fingerprint density at radius 3 is 2.81 bits per heavy atom. The van der Waals surface area contributed by atoms with E-state index in [9.17, 15) is 9.59 Å². The molecule has 0 N–H and O–H groups in total. The summed E-state index contributed by atoms with van der Waals surface area (Å²) in [6, 6.07) is 0.245.